The number of aliphatic hydroxyl groups excluding tert-OH is 2. The second-order valence-electron chi connectivity index (χ2n) is 24.9. The van der Waals surface area contributed by atoms with Crippen LogP contribution in [0.15, 0.2) is 24.3 Å². The molecule has 2 atom stereocenters. The molecule has 0 aromatic rings. The van der Waals surface area contributed by atoms with Gasteiger partial charge in [0, 0.05) is 12.8 Å². The van der Waals surface area contributed by atoms with E-state index in [4.69, 9.17) is 4.74 Å². The van der Waals surface area contributed by atoms with Crippen LogP contribution in [0.4, 0.5) is 0 Å². The van der Waals surface area contributed by atoms with Crippen LogP contribution in [0.3, 0.4) is 0 Å². The number of esters is 1. The molecule has 0 aliphatic heterocycles. The minimum absolute atomic E-state index is 0.0147. The molecule has 3 N–H and O–H groups in total. The number of unbranched alkanes of at least 4 members (excludes halogenated alkanes) is 55. The average molecular weight is 1110 g/mol. The summed E-state index contributed by atoms with van der Waals surface area (Å²) in [6.07, 6.45) is 86.8. The van der Waals surface area contributed by atoms with Crippen LogP contribution in [0, 0.1) is 0 Å². The third kappa shape index (κ3) is 65.4. The minimum atomic E-state index is -0.850. The van der Waals surface area contributed by atoms with Gasteiger partial charge in [-0.1, -0.05) is 359 Å². The summed E-state index contributed by atoms with van der Waals surface area (Å²) in [5.41, 5.74) is 0. The lowest BCUT2D eigenvalue weighted by Crippen LogP contribution is -2.45. The zero-order chi connectivity index (χ0) is 57.1. The van der Waals surface area contributed by atoms with Crippen LogP contribution < -0.4 is 5.32 Å². The first-order valence-electron chi connectivity index (χ1n) is 36.1. The van der Waals surface area contributed by atoms with E-state index >= 15 is 0 Å². The van der Waals surface area contributed by atoms with Crippen LogP contribution >= 0.6 is 0 Å². The van der Waals surface area contributed by atoms with Gasteiger partial charge in [-0.05, 0) is 57.8 Å². The van der Waals surface area contributed by atoms with Crippen LogP contribution in [0.2, 0.25) is 0 Å². The molecule has 0 radical (unpaired) electrons. The molecule has 2 unspecified atom stereocenters. The number of hydrogen-bond acceptors (Lipinski definition) is 5. The Hall–Kier alpha value is -1.66. The van der Waals surface area contributed by atoms with Crippen LogP contribution in [0.5, 0.6) is 0 Å². The van der Waals surface area contributed by atoms with E-state index in [2.05, 4.69) is 31.3 Å². The summed E-state index contributed by atoms with van der Waals surface area (Å²) >= 11 is 0. The van der Waals surface area contributed by atoms with E-state index in [0.29, 0.717) is 19.4 Å². The highest BCUT2D eigenvalue weighted by Gasteiger charge is 2.18. The van der Waals surface area contributed by atoms with E-state index in [1.165, 1.54) is 334 Å². The first-order chi connectivity index (χ1) is 39.0. The Kier molecular flexibility index (Phi) is 67.4. The molecular formula is C73H141NO5. The fourth-order valence-corrected chi connectivity index (χ4v) is 11.5. The number of ether oxygens (including phenoxy) is 1. The maximum Gasteiger partial charge on any atom is 0.305 e. The monoisotopic (exact) mass is 1110 g/mol. The molecule has 0 saturated carbocycles. The fraction of sp³-hybridized carbons (Fsp3) is 0.918. The van der Waals surface area contributed by atoms with Crippen molar-refractivity contribution in [1.29, 1.82) is 0 Å². The lowest BCUT2D eigenvalue weighted by Gasteiger charge is -2.20. The zero-order valence-electron chi connectivity index (χ0n) is 53.6. The summed E-state index contributed by atoms with van der Waals surface area (Å²) in [4.78, 5) is 24.6. The minimum Gasteiger partial charge on any atom is -0.466 e. The third-order valence-corrected chi connectivity index (χ3v) is 17.0. The van der Waals surface area contributed by atoms with Crippen molar-refractivity contribution in [2.45, 2.75) is 418 Å². The van der Waals surface area contributed by atoms with Gasteiger partial charge in [-0.2, -0.15) is 0 Å². The lowest BCUT2D eigenvalue weighted by atomic mass is 10.0. The molecule has 0 bridgehead atoms. The third-order valence-electron chi connectivity index (χ3n) is 17.0. The van der Waals surface area contributed by atoms with E-state index in [-0.39, 0.29) is 18.5 Å². The van der Waals surface area contributed by atoms with E-state index in [1.807, 2.05) is 6.08 Å². The SMILES string of the molecule is CCCCCCCCCCCCCCCCCCCCCC/C=C/C(O)C(CO)NC(=O)CCCCCCCCC/C=C\CCCCCCCCCCCCCOC(=O)CCCCCCCCCCCCCCCCCCCC. The molecule has 6 nitrogen and oxygen atoms in total. The number of rotatable bonds is 68. The summed E-state index contributed by atoms with van der Waals surface area (Å²) < 4.78 is 5.51. The summed E-state index contributed by atoms with van der Waals surface area (Å²) in [6.45, 7) is 4.95. The summed E-state index contributed by atoms with van der Waals surface area (Å²) in [5, 5.41) is 23.3. The van der Waals surface area contributed by atoms with Crippen molar-refractivity contribution in [1.82, 2.24) is 5.32 Å². The second-order valence-corrected chi connectivity index (χ2v) is 24.9. The molecule has 468 valence electrons. The highest BCUT2D eigenvalue weighted by Crippen LogP contribution is 2.19. The Morgan fingerprint density at radius 3 is 0.899 bits per heavy atom. The number of aliphatic hydroxyl groups is 2. The normalized spacial score (nSPS) is 12.6. The fourth-order valence-electron chi connectivity index (χ4n) is 11.5. The Morgan fingerprint density at radius 2 is 0.595 bits per heavy atom. The molecule has 0 saturated heterocycles. The van der Waals surface area contributed by atoms with Gasteiger partial charge in [-0.25, -0.2) is 0 Å². The topological polar surface area (TPSA) is 95.9 Å². The molecule has 6 heteroatoms. The summed E-state index contributed by atoms with van der Waals surface area (Å²) in [7, 11) is 0. The van der Waals surface area contributed by atoms with Crippen molar-refractivity contribution < 1.29 is 24.5 Å². The van der Waals surface area contributed by atoms with Gasteiger partial charge in [0.15, 0.2) is 0 Å². The Labute approximate surface area is 494 Å². The molecule has 0 heterocycles. The first-order valence-corrected chi connectivity index (χ1v) is 36.1. The molecule has 0 aliphatic rings. The van der Waals surface area contributed by atoms with Crippen molar-refractivity contribution >= 4 is 11.9 Å². The largest absolute Gasteiger partial charge is 0.466 e. The van der Waals surface area contributed by atoms with E-state index in [9.17, 15) is 19.8 Å². The van der Waals surface area contributed by atoms with Crippen LogP contribution in [-0.2, 0) is 14.3 Å². The second kappa shape index (κ2) is 68.8. The van der Waals surface area contributed by atoms with E-state index in [1.54, 1.807) is 6.08 Å². The van der Waals surface area contributed by atoms with Crippen LogP contribution in [0.1, 0.15) is 406 Å². The molecule has 0 spiro atoms. The maximum atomic E-state index is 12.5. The molecule has 79 heavy (non-hydrogen) atoms. The van der Waals surface area contributed by atoms with Crippen LogP contribution in [-0.4, -0.2) is 47.4 Å². The number of nitrogens with one attached hydrogen (secondary N) is 1. The Bertz CT molecular complexity index is 1230. The van der Waals surface area contributed by atoms with Crippen molar-refractivity contribution in [2.24, 2.45) is 0 Å². The highest BCUT2D eigenvalue weighted by molar-refractivity contribution is 5.76. The van der Waals surface area contributed by atoms with Crippen molar-refractivity contribution in [3.63, 3.8) is 0 Å². The molecule has 0 aromatic carbocycles. The van der Waals surface area contributed by atoms with Gasteiger partial charge in [-0.3, -0.25) is 9.59 Å². The Balaban J connectivity index is 3.42. The highest BCUT2D eigenvalue weighted by atomic mass is 16.5. The number of allylic oxidation sites excluding steroid dienone is 3. The maximum absolute atomic E-state index is 12.5. The predicted octanol–water partition coefficient (Wildman–Crippen LogP) is 23.3. The van der Waals surface area contributed by atoms with Gasteiger partial charge in [-0.15, -0.1) is 0 Å². The smallest absolute Gasteiger partial charge is 0.305 e. The van der Waals surface area contributed by atoms with Gasteiger partial charge in [0.05, 0.1) is 25.4 Å². The van der Waals surface area contributed by atoms with Crippen LogP contribution in [0.25, 0.3) is 0 Å². The zero-order valence-corrected chi connectivity index (χ0v) is 53.6. The average Bonchev–Trinajstić information content (AvgIpc) is 3.45. The molecular weight excluding hydrogens is 971 g/mol. The number of hydrogen-bond donors (Lipinski definition) is 3. The van der Waals surface area contributed by atoms with Gasteiger partial charge >= 0.3 is 5.97 Å². The van der Waals surface area contributed by atoms with Gasteiger partial charge < -0.3 is 20.3 Å². The van der Waals surface area contributed by atoms with Gasteiger partial charge in [0.2, 0.25) is 5.91 Å². The van der Waals surface area contributed by atoms with Crippen molar-refractivity contribution in [3.05, 3.63) is 24.3 Å². The van der Waals surface area contributed by atoms with Crippen molar-refractivity contribution in [3.8, 4) is 0 Å². The predicted molar refractivity (Wildman–Crippen MR) is 347 cm³/mol. The molecule has 1 amide bonds. The lowest BCUT2D eigenvalue weighted by molar-refractivity contribution is -0.143. The van der Waals surface area contributed by atoms with Gasteiger partial charge in [0.25, 0.3) is 0 Å². The number of carbonyl (C=O) groups excluding carboxylic acids is 2. The molecule has 0 aromatic heterocycles. The molecule has 0 aliphatic carbocycles. The summed E-state index contributed by atoms with van der Waals surface area (Å²) in [5.74, 6) is -0.0560. The quantitative estimate of drug-likeness (QED) is 0.0320. The first kappa shape index (κ1) is 77.3. The van der Waals surface area contributed by atoms with E-state index in [0.717, 1.165) is 44.9 Å². The number of carbonyl (C=O) groups is 2. The molecule has 0 rings (SSSR count). The van der Waals surface area contributed by atoms with E-state index < -0.39 is 12.1 Å². The standard InChI is InChI=1S/C73H141NO5/c1-3-5-7-9-11-13-15-17-19-21-23-24-27-30-33-37-41-45-49-53-57-61-65-71(76)70(69-75)74-72(77)66-62-58-54-50-46-42-38-34-31-28-25-26-29-32-36-40-44-48-52-56-60-64-68-79-73(78)67-63-59-55-51-47-43-39-35-22-20-18-16-14-12-10-8-6-4-2/h28,31,61,65,70-71,75-76H,3-27,29-30,32-60,62-64,66-69H2,1-2H3,(H,74,77)/b31-28-,65-61+. The Morgan fingerprint density at radius 1 is 0.342 bits per heavy atom. The molecule has 0 fully saturated rings. The summed E-state index contributed by atoms with van der Waals surface area (Å²) in [6, 6.07) is -0.634. The van der Waals surface area contributed by atoms with Gasteiger partial charge in [0.1, 0.15) is 0 Å². The van der Waals surface area contributed by atoms with Crippen molar-refractivity contribution in [2.75, 3.05) is 13.2 Å². The number of amides is 1.